The Morgan fingerprint density at radius 2 is 2.03 bits per heavy atom. The molecule has 4 rings (SSSR count). The summed E-state index contributed by atoms with van der Waals surface area (Å²) in [5.41, 5.74) is 2.43. The number of ether oxygens (including phenoxy) is 1. The number of thiazole rings is 1. The number of anilines is 1. The van der Waals surface area contributed by atoms with Crippen molar-refractivity contribution in [3.63, 3.8) is 0 Å². The Kier molecular flexibility index (Phi) is 9.64. The number of amides is 2. The lowest BCUT2D eigenvalue weighted by atomic mass is 10.1. The van der Waals surface area contributed by atoms with Gasteiger partial charge in [0.1, 0.15) is 5.00 Å². The second-order valence-electron chi connectivity index (χ2n) is 8.43. The van der Waals surface area contributed by atoms with Crippen LogP contribution in [-0.4, -0.2) is 40.5 Å². The first-order valence-corrected chi connectivity index (χ1v) is 15.2. The quantitative estimate of drug-likeness (QED) is 0.196. The van der Waals surface area contributed by atoms with Gasteiger partial charge in [0.25, 0.3) is 5.91 Å². The molecule has 2 aromatic heterocycles. The summed E-state index contributed by atoms with van der Waals surface area (Å²) in [6.45, 7) is 6.35. The second-order valence-corrected chi connectivity index (χ2v) is 12.0. The van der Waals surface area contributed by atoms with Gasteiger partial charge in [-0.25, -0.2) is 4.79 Å². The van der Waals surface area contributed by atoms with E-state index in [4.69, 9.17) is 16.3 Å². The molecule has 1 aromatic carbocycles. The van der Waals surface area contributed by atoms with Crippen LogP contribution >= 0.6 is 46.0 Å². The Labute approximate surface area is 232 Å². The molecule has 0 fully saturated rings. The minimum atomic E-state index is -0.392. The van der Waals surface area contributed by atoms with E-state index < -0.39 is 5.97 Å². The van der Waals surface area contributed by atoms with Gasteiger partial charge in [-0.2, -0.15) is 4.99 Å². The highest BCUT2D eigenvalue weighted by molar-refractivity contribution is 8.00. The predicted octanol–water partition coefficient (Wildman–Crippen LogP) is 5.85. The van der Waals surface area contributed by atoms with E-state index in [9.17, 15) is 14.4 Å². The Morgan fingerprint density at radius 1 is 1.22 bits per heavy atom. The minimum absolute atomic E-state index is 0.0577. The summed E-state index contributed by atoms with van der Waals surface area (Å²) in [7, 11) is 0. The van der Waals surface area contributed by atoms with E-state index in [0.717, 1.165) is 52.8 Å². The number of nitrogens with one attached hydrogen (secondary N) is 1. The van der Waals surface area contributed by atoms with E-state index in [0.29, 0.717) is 26.9 Å². The number of carbonyl (C=O) groups excluding carboxylic acids is 3. The van der Waals surface area contributed by atoms with Crippen molar-refractivity contribution >= 4 is 79.0 Å². The minimum Gasteiger partial charge on any atom is -0.462 e. The highest BCUT2D eigenvalue weighted by Gasteiger charge is 2.26. The Morgan fingerprint density at radius 3 is 2.81 bits per heavy atom. The summed E-state index contributed by atoms with van der Waals surface area (Å²) in [6.07, 6.45) is 6.69. The van der Waals surface area contributed by atoms with Crippen LogP contribution in [0.25, 0.3) is 10.2 Å². The molecule has 0 aliphatic heterocycles. The molecular formula is C26H28ClN3O4S3. The van der Waals surface area contributed by atoms with Crippen LogP contribution in [0.1, 0.15) is 47.0 Å². The van der Waals surface area contributed by atoms with Gasteiger partial charge in [-0.15, -0.1) is 29.7 Å². The van der Waals surface area contributed by atoms with Gasteiger partial charge in [0, 0.05) is 16.4 Å². The van der Waals surface area contributed by atoms with Gasteiger partial charge >= 0.3 is 5.97 Å². The van der Waals surface area contributed by atoms with Crippen molar-refractivity contribution in [3.8, 4) is 0 Å². The number of carbonyl (C=O) groups is 3. The molecule has 2 heterocycles. The van der Waals surface area contributed by atoms with E-state index in [1.807, 2.05) is 16.7 Å². The number of nitrogens with zero attached hydrogens (tertiary/aromatic N) is 2. The summed E-state index contributed by atoms with van der Waals surface area (Å²) in [5.74, 6) is -0.860. The fraction of sp³-hybridized carbons (Fsp3) is 0.385. The Bertz CT molecular complexity index is 1410. The fourth-order valence-electron chi connectivity index (χ4n) is 4.22. The molecule has 11 heteroatoms. The lowest BCUT2D eigenvalue weighted by Gasteiger charge is -2.08. The van der Waals surface area contributed by atoms with Gasteiger partial charge < -0.3 is 14.6 Å². The highest BCUT2D eigenvalue weighted by Crippen LogP contribution is 2.38. The van der Waals surface area contributed by atoms with Gasteiger partial charge in [0.2, 0.25) is 5.91 Å². The Hall–Kier alpha value is -2.40. The van der Waals surface area contributed by atoms with E-state index in [2.05, 4.69) is 16.9 Å². The van der Waals surface area contributed by atoms with Crippen LogP contribution < -0.4 is 10.1 Å². The second kappa shape index (κ2) is 12.9. The summed E-state index contributed by atoms with van der Waals surface area (Å²) < 4.78 is 8.12. The first-order chi connectivity index (χ1) is 17.9. The molecule has 196 valence electrons. The number of hydrogen-bond donors (Lipinski definition) is 1. The van der Waals surface area contributed by atoms with Crippen molar-refractivity contribution in [3.05, 3.63) is 56.7 Å². The average molecular weight is 578 g/mol. The number of fused-ring (bicyclic) bond motifs is 2. The number of benzene rings is 1. The average Bonchev–Trinajstić information content (AvgIpc) is 3.26. The summed E-state index contributed by atoms with van der Waals surface area (Å²) in [6, 6.07) is 5.54. The maximum Gasteiger partial charge on any atom is 0.341 e. The molecule has 0 saturated heterocycles. The van der Waals surface area contributed by atoms with Crippen molar-refractivity contribution in [2.45, 2.75) is 45.6 Å². The SMILES string of the molecule is C=CCn1c(=NC(=O)CSCC(=O)Nc2sc3c(c2C(=O)OCC)CCCCC3)sc2cc(Cl)ccc21. The molecule has 37 heavy (non-hydrogen) atoms. The van der Waals surface area contributed by atoms with Crippen molar-refractivity contribution in [1.29, 1.82) is 0 Å². The standard InChI is InChI=1S/C26H28ClN3O4S3/c1-3-12-30-18-11-10-16(27)13-20(18)37-26(30)29-22(32)15-35-14-21(31)28-24-23(25(33)34-4-2)17-8-6-5-7-9-19(17)36-24/h3,10-11,13H,1,4-9,12,14-15H2,2H3,(H,28,31). The van der Waals surface area contributed by atoms with Crippen LogP contribution in [0.3, 0.4) is 0 Å². The highest BCUT2D eigenvalue weighted by atomic mass is 35.5. The number of aryl methyl sites for hydroxylation is 1. The first-order valence-electron chi connectivity index (χ1n) is 12.1. The number of thiophene rings is 1. The maximum atomic E-state index is 12.7. The molecule has 2 amide bonds. The third kappa shape index (κ3) is 6.73. The van der Waals surface area contributed by atoms with Crippen molar-refractivity contribution in [2.75, 3.05) is 23.4 Å². The summed E-state index contributed by atoms with van der Waals surface area (Å²) >= 11 is 10.1. The largest absolute Gasteiger partial charge is 0.462 e. The molecule has 0 radical (unpaired) electrons. The first kappa shape index (κ1) is 27.6. The van der Waals surface area contributed by atoms with Crippen molar-refractivity contribution < 1.29 is 19.1 Å². The number of halogens is 1. The normalized spacial score (nSPS) is 13.7. The molecule has 0 spiro atoms. The van der Waals surface area contributed by atoms with Crippen LogP contribution in [-0.2, 0) is 33.7 Å². The lowest BCUT2D eigenvalue weighted by Crippen LogP contribution is -2.19. The van der Waals surface area contributed by atoms with E-state index in [-0.39, 0.29) is 29.9 Å². The van der Waals surface area contributed by atoms with Crippen molar-refractivity contribution in [2.24, 2.45) is 4.99 Å². The number of hydrogen-bond acceptors (Lipinski definition) is 7. The third-order valence-corrected chi connectivity index (χ3v) is 9.19. The zero-order valence-corrected chi connectivity index (χ0v) is 23.7. The zero-order chi connectivity index (χ0) is 26.4. The van der Waals surface area contributed by atoms with E-state index in [1.54, 1.807) is 19.1 Å². The third-order valence-electron chi connectivity index (χ3n) is 5.79. The predicted molar refractivity (Wildman–Crippen MR) is 153 cm³/mol. The van der Waals surface area contributed by atoms with Gasteiger partial charge in [-0.1, -0.05) is 35.4 Å². The molecule has 0 unspecified atom stereocenters. The summed E-state index contributed by atoms with van der Waals surface area (Å²) in [4.78, 5) is 44.0. The molecule has 7 nitrogen and oxygen atoms in total. The van der Waals surface area contributed by atoms with Gasteiger partial charge in [-0.3, -0.25) is 9.59 Å². The number of allylic oxidation sites excluding steroid dienone is 1. The lowest BCUT2D eigenvalue weighted by molar-refractivity contribution is -0.115. The van der Waals surface area contributed by atoms with E-state index in [1.165, 1.54) is 34.4 Å². The van der Waals surface area contributed by atoms with Gasteiger partial charge in [-0.05, 0) is 56.4 Å². The zero-order valence-electron chi connectivity index (χ0n) is 20.5. The van der Waals surface area contributed by atoms with Gasteiger partial charge in [0.05, 0.1) is 33.9 Å². The molecular weight excluding hydrogens is 550 g/mol. The fourth-order valence-corrected chi connectivity index (χ4v) is 7.45. The molecule has 3 aromatic rings. The Balaban J connectivity index is 1.42. The molecule has 0 atom stereocenters. The number of aromatic nitrogens is 1. The van der Waals surface area contributed by atoms with Crippen molar-refractivity contribution in [1.82, 2.24) is 4.57 Å². The number of thioether (sulfide) groups is 1. The topological polar surface area (TPSA) is 89.8 Å². The van der Waals surface area contributed by atoms with Crippen LogP contribution in [0.5, 0.6) is 0 Å². The van der Waals surface area contributed by atoms with E-state index >= 15 is 0 Å². The molecule has 1 N–H and O–H groups in total. The summed E-state index contributed by atoms with van der Waals surface area (Å²) in [5, 5.41) is 4.05. The van der Waals surface area contributed by atoms with Crippen LogP contribution in [0.2, 0.25) is 5.02 Å². The van der Waals surface area contributed by atoms with Gasteiger partial charge in [0.15, 0.2) is 4.80 Å². The maximum absolute atomic E-state index is 12.7. The monoisotopic (exact) mass is 577 g/mol. The number of rotatable bonds is 9. The smallest absolute Gasteiger partial charge is 0.341 e. The molecule has 1 aliphatic rings. The molecule has 0 bridgehead atoms. The molecule has 1 aliphatic carbocycles. The molecule has 0 saturated carbocycles. The van der Waals surface area contributed by atoms with Crippen LogP contribution in [0.15, 0.2) is 35.8 Å². The van der Waals surface area contributed by atoms with Crippen LogP contribution in [0, 0.1) is 0 Å². The van der Waals surface area contributed by atoms with Crippen LogP contribution in [0.4, 0.5) is 5.00 Å². The number of esters is 1.